The molecule has 0 fully saturated rings. The zero-order valence-corrected chi connectivity index (χ0v) is 8.15. The van der Waals surface area contributed by atoms with Crippen molar-refractivity contribution in [1.82, 2.24) is 10.3 Å². The molecule has 0 spiro atoms. The molecule has 82 valence electrons. The van der Waals surface area contributed by atoms with Crippen molar-refractivity contribution in [3.05, 3.63) is 35.9 Å². The molecule has 0 saturated heterocycles. The molecule has 0 aromatic heterocycles. The maximum absolute atomic E-state index is 11.7. The molecule has 0 unspecified atom stereocenters. The summed E-state index contributed by atoms with van der Waals surface area (Å²) in [7, 11) is 0. The lowest BCUT2D eigenvalue weighted by atomic mass is 10.2. The number of hydrogen-bond acceptors (Lipinski definition) is 3. The summed E-state index contributed by atoms with van der Waals surface area (Å²) in [6.07, 6.45) is 0. The lowest BCUT2D eigenvalue weighted by Gasteiger charge is -2.07. The van der Waals surface area contributed by atoms with Crippen LogP contribution >= 0.6 is 11.9 Å². The zero-order valence-electron chi connectivity index (χ0n) is 7.34. The van der Waals surface area contributed by atoms with Crippen LogP contribution in [0.2, 0.25) is 0 Å². The molecule has 0 bridgehead atoms. The van der Waals surface area contributed by atoms with Gasteiger partial charge in [-0.1, -0.05) is 18.2 Å². The van der Waals surface area contributed by atoms with Crippen molar-refractivity contribution in [3.63, 3.8) is 0 Å². The second-order valence-electron chi connectivity index (χ2n) is 2.47. The van der Waals surface area contributed by atoms with Crippen molar-refractivity contribution in [1.29, 1.82) is 0 Å². The van der Waals surface area contributed by atoms with Crippen molar-refractivity contribution >= 4 is 17.9 Å². The van der Waals surface area contributed by atoms with Crippen LogP contribution in [0.4, 0.5) is 13.2 Å². The minimum Gasteiger partial charge on any atom is -0.277 e. The standard InChI is InChI=1S/C8H7F3N2OS/c9-8(10,11)15-13-12-7(14)6-4-2-1-3-5-6/h1-5,13H,(H,12,14). The number of benzene rings is 1. The molecule has 1 aromatic rings. The number of halogens is 3. The number of alkyl halides is 3. The molecule has 7 heteroatoms. The first-order valence-corrected chi connectivity index (χ1v) is 4.66. The molecule has 0 radical (unpaired) electrons. The van der Waals surface area contributed by atoms with Gasteiger partial charge in [-0.25, -0.2) is 0 Å². The van der Waals surface area contributed by atoms with Gasteiger partial charge in [-0.05, 0) is 12.1 Å². The highest BCUT2D eigenvalue weighted by atomic mass is 32.2. The Labute approximate surface area is 88.1 Å². The second kappa shape index (κ2) is 5.04. The van der Waals surface area contributed by atoms with E-state index in [0.717, 1.165) is 0 Å². The van der Waals surface area contributed by atoms with Gasteiger partial charge in [0.25, 0.3) is 5.91 Å². The number of rotatable bonds is 3. The molecular weight excluding hydrogens is 229 g/mol. The number of carbonyl (C=O) groups is 1. The Morgan fingerprint density at radius 2 is 1.80 bits per heavy atom. The van der Waals surface area contributed by atoms with E-state index >= 15 is 0 Å². The van der Waals surface area contributed by atoms with Crippen LogP contribution in [0.25, 0.3) is 0 Å². The van der Waals surface area contributed by atoms with Crippen LogP contribution in [0.5, 0.6) is 0 Å². The molecule has 0 aliphatic carbocycles. The maximum atomic E-state index is 11.7. The van der Waals surface area contributed by atoms with Crippen molar-refractivity contribution in [2.24, 2.45) is 0 Å². The summed E-state index contributed by atoms with van der Waals surface area (Å²) < 4.78 is 35.0. The molecule has 3 nitrogen and oxygen atoms in total. The summed E-state index contributed by atoms with van der Waals surface area (Å²) in [5, 5.41) is 0. The Balaban J connectivity index is 2.38. The highest BCUT2D eigenvalue weighted by Crippen LogP contribution is 2.26. The Kier molecular flexibility index (Phi) is 3.98. The van der Waals surface area contributed by atoms with E-state index in [2.05, 4.69) is 0 Å². The Morgan fingerprint density at radius 3 is 2.33 bits per heavy atom. The van der Waals surface area contributed by atoms with E-state index in [-0.39, 0.29) is 5.56 Å². The molecule has 0 aliphatic heterocycles. The van der Waals surface area contributed by atoms with Crippen molar-refractivity contribution < 1.29 is 18.0 Å². The zero-order chi connectivity index (χ0) is 11.3. The molecule has 1 rings (SSSR count). The van der Waals surface area contributed by atoms with Gasteiger partial charge in [0.15, 0.2) is 0 Å². The van der Waals surface area contributed by atoms with Gasteiger partial charge in [0.2, 0.25) is 0 Å². The SMILES string of the molecule is O=C(NNSC(F)(F)F)c1ccccc1. The Hall–Kier alpha value is -1.21. The quantitative estimate of drug-likeness (QED) is 0.623. The minimum atomic E-state index is -4.43. The normalized spacial score (nSPS) is 11.1. The molecule has 0 atom stereocenters. The van der Waals surface area contributed by atoms with Gasteiger partial charge in [-0.15, -0.1) is 0 Å². The van der Waals surface area contributed by atoms with Crippen molar-refractivity contribution in [2.75, 3.05) is 0 Å². The first-order valence-electron chi connectivity index (χ1n) is 3.84. The summed E-state index contributed by atoms with van der Waals surface area (Å²) in [6.45, 7) is 0. The number of amides is 1. The van der Waals surface area contributed by atoms with Gasteiger partial charge in [0, 0.05) is 5.56 Å². The van der Waals surface area contributed by atoms with E-state index in [1.165, 1.54) is 12.1 Å². The van der Waals surface area contributed by atoms with Crippen LogP contribution in [0, 0.1) is 0 Å². The van der Waals surface area contributed by atoms with Crippen LogP contribution in [-0.2, 0) is 0 Å². The molecular formula is C8H7F3N2OS. The van der Waals surface area contributed by atoms with Crippen LogP contribution in [0.3, 0.4) is 0 Å². The predicted molar refractivity (Wildman–Crippen MR) is 50.7 cm³/mol. The van der Waals surface area contributed by atoms with Crippen LogP contribution in [0.1, 0.15) is 10.4 Å². The monoisotopic (exact) mass is 236 g/mol. The summed E-state index contributed by atoms with van der Waals surface area (Å²) >= 11 is -0.525. The van der Waals surface area contributed by atoms with E-state index in [1.54, 1.807) is 23.0 Å². The van der Waals surface area contributed by atoms with Crippen LogP contribution in [-0.4, -0.2) is 11.4 Å². The Morgan fingerprint density at radius 1 is 1.20 bits per heavy atom. The van der Waals surface area contributed by atoms with E-state index in [1.807, 2.05) is 5.43 Å². The summed E-state index contributed by atoms with van der Waals surface area (Å²) in [5.41, 5.74) is -2.23. The third kappa shape index (κ3) is 4.71. The summed E-state index contributed by atoms with van der Waals surface area (Å²) in [6, 6.07) is 7.93. The molecule has 0 saturated carbocycles. The van der Waals surface area contributed by atoms with Crippen molar-refractivity contribution in [3.8, 4) is 0 Å². The number of hydrazine groups is 1. The lowest BCUT2D eigenvalue weighted by Crippen LogP contribution is -2.34. The molecule has 2 N–H and O–H groups in total. The van der Waals surface area contributed by atoms with Gasteiger partial charge in [0.1, 0.15) is 0 Å². The molecule has 0 aliphatic rings. The van der Waals surface area contributed by atoms with Gasteiger partial charge in [-0.2, -0.15) is 18.0 Å². The highest BCUT2D eigenvalue weighted by molar-refractivity contribution is 7.98. The number of carbonyl (C=O) groups excluding carboxylic acids is 1. The molecule has 1 aromatic carbocycles. The summed E-state index contributed by atoms with van der Waals surface area (Å²) in [4.78, 5) is 12.9. The molecule has 0 heterocycles. The van der Waals surface area contributed by atoms with Crippen LogP contribution < -0.4 is 10.3 Å². The largest absolute Gasteiger partial charge is 0.457 e. The first kappa shape index (κ1) is 11.9. The fraction of sp³-hybridized carbons (Fsp3) is 0.125. The van der Waals surface area contributed by atoms with E-state index < -0.39 is 23.4 Å². The third-order valence-corrected chi connectivity index (χ3v) is 1.80. The smallest absolute Gasteiger partial charge is 0.277 e. The van der Waals surface area contributed by atoms with Gasteiger partial charge in [0.05, 0.1) is 11.9 Å². The van der Waals surface area contributed by atoms with Crippen LogP contribution in [0.15, 0.2) is 30.3 Å². The maximum Gasteiger partial charge on any atom is 0.457 e. The summed E-state index contributed by atoms with van der Waals surface area (Å²) in [5.74, 6) is -0.618. The highest BCUT2D eigenvalue weighted by Gasteiger charge is 2.28. The number of nitrogens with one attached hydrogen (secondary N) is 2. The van der Waals surface area contributed by atoms with Gasteiger partial charge < -0.3 is 0 Å². The average Bonchev–Trinajstić information content (AvgIpc) is 2.17. The van der Waals surface area contributed by atoms with E-state index in [0.29, 0.717) is 0 Å². The van der Waals surface area contributed by atoms with Gasteiger partial charge >= 0.3 is 5.51 Å². The fourth-order valence-corrected chi connectivity index (χ4v) is 1.05. The van der Waals surface area contributed by atoms with E-state index in [4.69, 9.17) is 0 Å². The minimum absolute atomic E-state index is 0.285. The third-order valence-electron chi connectivity index (χ3n) is 1.37. The fourth-order valence-electron chi connectivity index (χ4n) is 0.791. The van der Waals surface area contributed by atoms with Gasteiger partial charge in [-0.3, -0.25) is 10.2 Å². The Bertz CT molecular complexity index is 328. The number of hydrogen-bond donors (Lipinski definition) is 2. The average molecular weight is 236 g/mol. The first-order chi connectivity index (χ1) is 6.99. The lowest BCUT2D eigenvalue weighted by molar-refractivity contribution is -0.0337. The topological polar surface area (TPSA) is 41.1 Å². The van der Waals surface area contributed by atoms with E-state index in [9.17, 15) is 18.0 Å². The molecule has 15 heavy (non-hydrogen) atoms. The second-order valence-corrected chi connectivity index (χ2v) is 3.34. The predicted octanol–water partition coefficient (Wildman–Crippen LogP) is 2.09. The van der Waals surface area contributed by atoms with Crippen molar-refractivity contribution in [2.45, 2.75) is 5.51 Å². The molecule has 1 amide bonds.